The summed E-state index contributed by atoms with van der Waals surface area (Å²) in [5, 5.41) is 6.54. The van der Waals surface area contributed by atoms with E-state index in [0.717, 1.165) is 10.5 Å². The molecule has 8 heteroatoms. The van der Waals surface area contributed by atoms with Crippen LogP contribution in [0, 0.1) is 6.92 Å². The zero-order chi connectivity index (χ0) is 26.6. The lowest BCUT2D eigenvalue weighted by atomic mass is 10.2. The number of hydrogen-bond donors (Lipinski definition) is 2. The first-order valence-electron chi connectivity index (χ1n) is 11.8. The smallest absolute Gasteiger partial charge is 0.283 e. The molecule has 0 atom stereocenters. The van der Waals surface area contributed by atoms with E-state index in [4.69, 9.17) is 11.6 Å². The summed E-state index contributed by atoms with van der Waals surface area (Å²) in [5.41, 5.74) is 3.54. The van der Waals surface area contributed by atoms with E-state index in [1.807, 2.05) is 49.4 Å². The molecule has 0 aliphatic carbocycles. The van der Waals surface area contributed by atoms with Crippen LogP contribution in [0.3, 0.4) is 0 Å². The van der Waals surface area contributed by atoms with Crippen molar-refractivity contribution in [2.24, 2.45) is 0 Å². The molecule has 1 aliphatic rings. The van der Waals surface area contributed by atoms with Crippen LogP contribution in [0.15, 0.2) is 119 Å². The van der Waals surface area contributed by atoms with Crippen molar-refractivity contribution in [1.29, 1.82) is 0 Å². The molecule has 1 heterocycles. The van der Waals surface area contributed by atoms with E-state index in [1.54, 1.807) is 60.7 Å². The first kappa shape index (κ1) is 25.3. The van der Waals surface area contributed by atoms with Gasteiger partial charge in [0.05, 0.1) is 5.69 Å². The number of carbonyl (C=O) groups is 3. The van der Waals surface area contributed by atoms with Crippen molar-refractivity contribution in [3.63, 3.8) is 0 Å². The highest BCUT2D eigenvalue weighted by Gasteiger charge is 2.40. The van der Waals surface area contributed by atoms with Crippen molar-refractivity contribution in [1.82, 2.24) is 0 Å². The Morgan fingerprint density at radius 1 is 0.763 bits per heavy atom. The monoisotopic (exact) mass is 539 g/mol. The van der Waals surface area contributed by atoms with Gasteiger partial charge >= 0.3 is 0 Å². The predicted molar refractivity (Wildman–Crippen MR) is 152 cm³/mol. The summed E-state index contributed by atoms with van der Waals surface area (Å²) < 4.78 is 0. The first-order chi connectivity index (χ1) is 18.4. The summed E-state index contributed by atoms with van der Waals surface area (Å²) in [6.45, 7) is 1.95. The molecule has 0 aromatic heterocycles. The number of hydrogen-bond acceptors (Lipinski definition) is 5. The van der Waals surface area contributed by atoms with Crippen molar-refractivity contribution in [3.05, 3.63) is 130 Å². The van der Waals surface area contributed by atoms with Crippen LogP contribution in [-0.4, -0.2) is 17.7 Å². The molecule has 5 rings (SSSR count). The topological polar surface area (TPSA) is 78.5 Å². The second-order valence-corrected chi connectivity index (χ2v) is 10.1. The molecule has 38 heavy (non-hydrogen) atoms. The number of aryl methyl sites for hydroxylation is 1. The van der Waals surface area contributed by atoms with Gasteiger partial charge in [0.15, 0.2) is 0 Å². The Morgan fingerprint density at radius 2 is 1.42 bits per heavy atom. The standard InChI is InChI=1S/C30H22ClN3O3S/c1-19-7-15-24(16-8-19)34-29(36)26(32-22-5-3-2-4-6-22)27(30(34)37)38-25-17-13-23(14-18-25)33-28(35)20-9-11-21(31)12-10-20/h2-18,32H,1H3,(H,33,35). The molecule has 0 bridgehead atoms. The second-order valence-electron chi connectivity index (χ2n) is 8.56. The number of thioether (sulfide) groups is 1. The van der Waals surface area contributed by atoms with Crippen LogP contribution in [0.4, 0.5) is 17.1 Å². The first-order valence-corrected chi connectivity index (χ1v) is 12.9. The van der Waals surface area contributed by atoms with Gasteiger partial charge in [-0.15, -0.1) is 0 Å². The van der Waals surface area contributed by atoms with Gasteiger partial charge in [0.1, 0.15) is 10.6 Å². The minimum atomic E-state index is -0.419. The van der Waals surface area contributed by atoms with Crippen LogP contribution in [0.1, 0.15) is 15.9 Å². The van der Waals surface area contributed by atoms with Crippen molar-refractivity contribution >= 4 is 58.1 Å². The summed E-state index contributed by atoms with van der Waals surface area (Å²) >= 11 is 7.09. The highest BCUT2D eigenvalue weighted by molar-refractivity contribution is 8.04. The summed E-state index contributed by atoms with van der Waals surface area (Å²) in [7, 11) is 0. The number of nitrogens with one attached hydrogen (secondary N) is 2. The number of rotatable bonds is 7. The predicted octanol–water partition coefficient (Wildman–Crippen LogP) is 6.89. The van der Waals surface area contributed by atoms with Gasteiger partial charge in [-0.25, -0.2) is 4.90 Å². The molecule has 2 N–H and O–H groups in total. The number of benzene rings is 4. The van der Waals surface area contributed by atoms with E-state index in [0.29, 0.717) is 27.6 Å². The zero-order valence-electron chi connectivity index (χ0n) is 20.3. The van der Waals surface area contributed by atoms with E-state index in [9.17, 15) is 14.4 Å². The number of carbonyl (C=O) groups excluding carboxylic acids is 3. The number of anilines is 3. The lowest BCUT2D eigenvalue weighted by Gasteiger charge is -2.15. The van der Waals surface area contributed by atoms with Crippen molar-refractivity contribution in [3.8, 4) is 0 Å². The molecule has 0 saturated heterocycles. The maximum absolute atomic E-state index is 13.5. The molecule has 3 amide bonds. The van der Waals surface area contributed by atoms with Gasteiger partial charge in [-0.3, -0.25) is 14.4 Å². The third kappa shape index (κ3) is 5.49. The number of para-hydroxylation sites is 1. The maximum atomic E-state index is 13.5. The molecule has 0 fully saturated rings. The highest BCUT2D eigenvalue weighted by atomic mass is 35.5. The van der Waals surface area contributed by atoms with Gasteiger partial charge in [0.25, 0.3) is 17.7 Å². The minimum absolute atomic E-state index is 0.215. The fraction of sp³-hybridized carbons (Fsp3) is 0.0333. The Balaban J connectivity index is 1.39. The van der Waals surface area contributed by atoms with E-state index in [-0.39, 0.29) is 16.5 Å². The Kier molecular flexibility index (Phi) is 7.31. The fourth-order valence-electron chi connectivity index (χ4n) is 3.84. The average Bonchev–Trinajstić information content (AvgIpc) is 3.15. The van der Waals surface area contributed by atoms with Gasteiger partial charge in [0.2, 0.25) is 0 Å². The van der Waals surface area contributed by atoms with E-state index in [2.05, 4.69) is 10.6 Å². The van der Waals surface area contributed by atoms with Gasteiger partial charge < -0.3 is 10.6 Å². The molecule has 0 unspecified atom stereocenters. The van der Waals surface area contributed by atoms with Crippen molar-refractivity contribution in [2.75, 3.05) is 15.5 Å². The minimum Gasteiger partial charge on any atom is -0.350 e. The van der Waals surface area contributed by atoms with Crippen LogP contribution < -0.4 is 15.5 Å². The van der Waals surface area contributed by atoms with Crippen LogP contribution in [-0.2, 0) is 9.59 Å². The Bertz CT molecular complexity index is 1530. The highest BCUT2D eigenvalue weighted by Crippen LogP contribution is 2.38. The lowest BCUT2D eigenvalue weighted by Crippen LogP contribution is -2.32. The van der Waals surface area contributed by atoms with Crippen LogP contribution >= 0.6 is 23.4 Å². The Labute approximate surface area is 229 Å². The van der Waals surface area contributed by atoms with Crippen molar-refractivity contribution < 1.29 is 14.4 Å². The molecule has 1 aliphatic heterocycles. The Hall–Kier alpha value is -4.33. The molecule has 188 valence electrons. The SMILES string of the molecule is Cc1ccc(N2C(=O)C(Nc3ccccc3)=C(Sc3ccc(NC(=O)c4ccc(Cl)cc4)cc3)C2=O)cc1. The normalized spacial score (nSPS) is 13.2. The number of nitrogens with zero attached hydrogens (tertiary/aromatic N) is 1. The van der Waals surface area contributed by atoms with E-state index < -0.39 is 11.8 Å². The number of amides is 3. The fourth-order valence-corrected chi connectivity index (χ4v) is 4.89. The van der Waals surface area contributed by atoms with Gasteiger partial charge in [0, 0.05) is 26.9 Å². The molecule has 4 aromatic rings. The third-order valence-corrected chi connectivity index (χ3v) is 7.16. The summed E-state index contributed by atoms with van der Waals surface area (Å²) in [6.07, 6.45) is 0. The van der Waals surface area contributed by atoms with Crippen LogP contribution in [0.5, 0.6) is 0 Å². The van der Waals surface area contributed by atoms with Gasteiger partial charge in [-0.05, 0) is 79.7 Å². The lowest BCUT2D eigenvalue weighted by molar-refractivity contribution is -0.120. The number of halogens is 1. The quantitative estimate of drug-likeness (QED) is 0.250. The third-order valence-electron chi connectivity index (χ3n) is 5.82. The molecule has 0 saturated carbocycles. The molecule has 4 aromatic carbocycles. The van der Waals surface area contributed by atoms with E-state index >= 15 is 0 Å². The van der Waals surface area contributed by atoms with Crippen LogP contribution in [0.25, 0.3) is 0 Å². The molecule has 6 nitrogen and oxygen atoms in total. The summed E-state index contributed by atoms with van der Waals surface area (Å²) in [4.78, 5) is 41.7. The van der Waals surface area contributed by atoms with Crippen LogP contribution in [0.2, 0.25) is 5.02 Å². The van der Waals surface area contributed by atoms with Gasteiger partial charge in [-0.1, -0.05) is 59.3 Å². The summed E-state index contributed by atoms with van der Waals surface area (Å²) in [6, 6.07) is 30.2. The van der Waals surface area contributed by atoms with Gasteiger partial charge in [-0.2, -0.15) is 0 Å². The molecular weight excluding hydrogens is 518 g/mol. The Morgan fingerprint density at radius 3 is 2.08 bits per heavy atom. The average molecular weight is 540 g/mol. The molecule has 0 radical (unpaired) electrons. The van der Waals surface area contributed by atoms with Crippen molar-refractivity contribution in [2.45, 2.75) is 11.8 Å². The summed E-state index contributed by atoms with van der Waals surface area (Å²) in [5.74, 6) is -1.08. The molecular formula is C30H22ClN3O3S. The van der Waals surface area contributed by atoms with E-state index in [1.165, 1.54) is 16.7 Å². The number of imide groups is 1. The largest absolute Gasteiger partial charge is 0.350 e. The second kappa shape index (κ2) is 11.0. The maximum Gasteiger partial charge on any atom is 0.283 e. The zero-order valence-corrected chi connectivity index (χ0v) is 21.8. The molecule has 0 spiro atoms.